The van der Waals surface area contributed by atoms with Crippen LogP contribution in [0.2, 0.25) is 0 Å². The van der Waals surface area contributed by atoms with Crippen molar-refractivity contribution in [3.63, 3.8) is 0 Å². The van der Waals surface area contributed by atoms with Crippen LogP contribution in [-0.2, 0) is 6.54 Å². The first-order valence-electron chi connectivity index (χ1n) is 9.35. The molecule has 0 unspecified atom stereocenters. The Morgan fingerprint density at radius 3 is 2.58 bits per heavy atom. The molecule has 4 heteroatoms. The Kier molecular flexibility index (Phi) is 7.53. The Balaban J connectivity index is 2.05. The zero-order valence-electron chi connectivity index (χ0n) is 15.8. The van der Waals surface area contributed by atoms with E-state index in [-0.39, 0.29) is 6.61 Å². The van der Waals surface area contributed by atoms with Gasteiger partial charge >= 0.3 is 0 Å². The number of rotatable bonds is 8. The fourth-order valence-electron chi connectivity index (χ4n) is 3.96. The number of aliphatic hydroxyl groups excluding tert-OH is 1. The second-order valence-corrected chi connectivity index (χ2v) is 6.91. The number of piperazine rings is 1. The van der Waals surface area contributed by atoms with Crippen LogP contribution in [0.3, 0.4) is 0 Å². The first kappa shape index (κ1) is 19.2. The quantitative estimate of drug-likeness (QED) is 0.793. The second-order valence-electron chi connectivity index (χ2n) is 6.91. The maximum Gasteiger partial charge on any atom is 0.121 e. The van der Waals surface area contributed by atoms with Crippen LogP contribution in [0, 0.1) is 6.92 Å². The SMILES string of the molecule is CCC(CC)N1CCN(Cc2ccc(OC)c(C)c2)[C@@H](CCO)C1. The standard InChI is InChI=1S/C20H34N2O2/c1-5-18(6-2)22-11-10-21(19(15-22)9-12-23)14-17-7-8-20(24-4)16(3)13-17/h7-8,13,18-19,23H,5-6,9-12,14-15H2,1-4H3/t19-/m0/s1. The van der Waals surface area contributed by atoms with Crippen molar-refractivity contribution >= 4 is 0 Å². The number of hydrogen-bond donors (Lipinski definition) is 1. The second kappa shape index (κ2) is 9.40. The summed E-state index contributed by atoms with van der Waals surface area (Å²) in [6, 6.07) is 7.56. The lowest BCUT2D eigenvalue weighted by Gasteiger charge is -2.44. The molecule has 0 aromatic heterocycles. The molecule has 0 saturated carbocycles. The van der Waals surface area contributed by atoms with Crippen molar-refractivity contribution in [2.45, 2.75) is 58.7 Å². The summed E-state index contributed by atoms with van der Waals surface area (Å²) in [4.78, 5) is 5.16. The molecule has 2 rings (SSSR count). The van der Waals surface area contributed by atoms with Gasteiger partial charge in [-0.3, -0.25) is 9.80 Å². The van der Waals surface area contributed by atoms with Crippen molar-refractivity contribution in [2.75, 3.05) is 33.4 Å². The van der Waals surface area contributed by atoms with Gasteiger partial charge in [0, 0.05) is 44.9 Å². The third-order valence-electron chi connectivity index (χ3n) is 5.40. The van der Waals surface area contributed by atoms with Gasteiger partial charge < -0.3 is 9.84 Å². The maximum atomic E-state index is 9.49. The summed E-state index contributed by atoms with van der Waals surface area (Å²) in [5.41, 5.74) is 2.51. The van der Waals surface area contributed by atoms with E-state index in [1.54, 1.807) is 7.11 Å². The smallest absolute Gasteiger partial charge is 0.121 e. The van der Waals surface area contributed by atoms with Crippen molar-refractivity contribution in [1.82, 2.24) is 9.80 Å². The van der Waals surface area contributed by atoms with Crippen LogP contribution in [0.1, 0.15) is 44.2 Å². The molecule has 0 amide bonds. The lowest BCUT2D eigenvalue weighted by Crippen LogP contribution is -2.55. The molecule has 1 aromatic rings. The Labute approximate surface area is 147 Å². The molecule has 1 N–H and O–H groups in total. The molecule has 1 atom stereocenters. The zero-order valence-corrected chi connectivity index (χ0v) is 15.8. The number of hydrogen-bond acceptors (Lipinski definition) is 4. The van der Waals surface area contributed by atoms with Crippen LogP contribution in [0.15, 0.2) is 18.2 Å². The highest BCUT2D eigenvalue weighted by Gasteiger charge is 2.29. The molecule has 24 heavy (non-hydrogen) atoms. The van der Waals surface area contributed by atoms with Crippen LogP contribution in [-0.4, -0.2) is 60.3 Å². The Bertz CT molecular complexity index is 502. The van der Waals surface area contributed by atoms with E-state index in [1.165, 1.54) is 24.0 Å². The van der Waals surface area contributed by atoms with E-state index in [2.05, 4.69) is 48.8 Å². The highest BCUT2D eigenvalue weighted by molar-refractivity contribution is 5.36. The van der Waals surface area contributed by atoms with E-state index >= 15 is 0 Å². The van der Waals surface area contributed by atoms with Crippen molar-refractivity contribution in [2.24, 2.45) is 0 Å². The molecule has 1 aliphatic heterocycles. The van der Waals surface area contributed by atoms with Crippen LogP contribution >= 0.6 is 0 Å². The number of benzene rings is 1. The summed E-state index contributed by atoms with van der Waals surface area (Å²) in [6.45, 7) is 11.1. The molecule has 136 valence electrons. The van der Waals surface area contributed by atoms with Gasteiger partial charge in [0.05, 0.1) is 7.11 Å². The van der Waals surface area contributed by atoms with Gasteiger partial charge in [0.2, 0.25) is 0 Å². The third kappa shape index (κ3) is 4.71. The van der Waals surface area contributed by atoms with Crippen LogP contribution in [0.5, 0.6) is 5.75 Å². The van der Waals surface area contributed by atoms with E-state index in [9.17, 15) is 5.11 Å². The fraction of sp³-hybridized carbons (Fsp3) is 0.700. The summed E-state index contributed by atoms with van der Waals surface area (Å²) >= 11 is 0. The normalized spacial score (nSPS) is 19.8. The largest absolute Gasteiger partial charge is 0.496 e. The van der Waals surface area contributed by atoms with Crippen LogP contribution in [0.4, 0.5) is 0 Å². The predicted molar refractivity (Wildman–Crippen MR) is 99.6 cm³/mol. The number of nitrogens with zero attached hydrogens (tertiary/aromatic N) is 2. The van der Waals surface area contributed by atoms with Crippen molar-refractivity contribution in [3.05, 3.63) is 29.3 Å². The van der Waals surface area contributed by atoms with Gasteiger partial charge in [0.15, 0.2) is 0 Å². The fourth-order valence-corrected chi connectivity index (χ4v) is 3.96. The average Bonchev–Trinajstić information content (AvgIpc) is 2.58. The van der Waals surface area contributed by atoms with Gasteiger partial charge in [-0.15, -0.1) is 0 Å². The third-order valence-corrected chi connectivity index (χ3v) is 5.40. The van der Waals surface area contributed by atoms with Gasteiger partial charge in [0.1, 0.15) is 5.75 Å². The van der Waals surface area contributed by atoms with E-state index < -0.39 is 0 Å². The minimum absolute atomic E-state index is 0.263. The van der Waals surface area contributed by atoms with Crippen molar-refractivity contribution < 1.29 is 9.84 Å². The van der Waals surface area contributed by atoms with Gasteiger partial charge in [-0.2, -0.15) is 0 Å². The number of methoxy groups -OCH3 is 1. The molecule has 0 bridgehead atoms. The average molecular weight is 335 g/mol. The highest BCUT2D eigenvalue weighted by Crippen LogP contribution is 2.23. The zero-order chi connectivity index (χ0) is 17.5. The number of aryl methyl sites for hydroxylation is 1. The van der Waals surface area contributed by atoms with E-state index in [0.29, 0.717) is 12.1 Å². The first-order chi connectivity index (χ1) is 11.6. The lowest BCUT2D eigenvalue weighted by atomic mass is 10.0. The van der Waals surface area contributed by atoms with Crippen molar-refractivity contribution in [3.8, 4) is 5.75 Å². The molecule has 1 aromatic carbocycles. The molecule has 4 nitrogen and oxygen atoms in total. The number of ether oxygens (including phenoxy) is 1. The molecule has 1 aliphatic rings. The van der Waals surface area contributed by atoms with Gasteiger partial charge in [-0.05, 0) is 43.4 Å². The van der Waals surface area contributed by atoms with Gasteiger partial charge in [0.25, 0.3) is 0 Å². The Hall–Kier alpha value is -1.10. The van der Waals surface area contributed by atoms with Gasteiger partial charge in [-0.25, -0.2) is 0 Å². The Morgan fingerprint density at radius 1 is 1.25 bits per heavy atom. The summed E-state index contributed by atoms with van der Waals surface area (Å²) in [6.07, 6.45) is 3.27. The summed E-state index contributed by atoms with van der Waals surface area (Å²) < 4.78 is 5.36. The van der Waals surface area contributed by atoms with Crippen molar-refractivity contribution in [1.29, 1.82) is 0 Å². The van der Waals surface area contributed by atoms with Gasteiger partial charge in [-0.1, -0.05) is 26.0 Å². The highest BCUT2D eigenvalue weighted by atomic mass is 16.5. The topological polar surface area (TPSA) is 35.9 Å². The molecular formula is C20H34N2O2. The first-order valence-corrected chi connectivity index (χ1v) is 9.35. The number of aliphatic hydroxyl groups is 1. The summed E-state index contributed by atoms with van der Waals surface area (Å²) in [7, 11) is 1.72. The summed E-state index contributed by atoms with van der Waals surface area (Å²) in [5.74, 6) is 0.948. The molecule has 1 fully saturated rings. The molecule has 1 heterocycles. The Morgan fingerprint density at radius 2 is 2.00 bits per heavy atom. The summed E-state index contributed by atoms with van der Waals surface area (Å²) in [5, 5.41) is 9.49. The van der Waals surface area contributed by atoms with E-state index in [0.717, 1.165) is 38.3 Å². The molecule has 1 saturated heterocycles. The maximum absolute atomic E-state index is 9.49. The van der Waals surface area contributed by atoms with Crippen LogP contribution < -0.4 is 4.74 Å². The predicted octanol–water partition coefficient (Wildman–Crippen LogP) is 3.06. The molecule has 0 radical (unpaired) electrons. The van der Waals surface area contributed by atoms with E-state index in [1.807, 2.05) is 0 Å². The monoisotopic (exact) mass is 334 g/mol. The molecular weight excluding hydrogens is 300 g/mol. The molecule has 0 aliphatic carbocycles. The van der Waals surface area contributed by atoms with E-state index in [4.69, 9.17) is 4.74 Å². The minimum atomic E-state index is 0.263. The molecule has 0 spiro atoms. The van der Waals surface area contributed by atoms with Crippen LogP contribution in [0.25, 0.3) is 0 Å². The lowest BCUT2D eigenvalue weighted by molar-refractivity contribution is 0.0293. The minimum Gasteiger partial charge on any atom is -0.496 e.